The molecule has 0 spiro atoms. The molecule has 154 valence electrons. The summed E-state index contributed by atoms with van der Waals surface area (Å²) in [6, 6.07) is 11.7. The normalized spacial score (nSPS) is 17.1. The van der Waals surface area contributed by atoms with E-state index < -0.39 is 0 Å². The van der Waals surface area contributed by atoms with Gasteiger partial charge in [0.1, 0.15) is 5.69 Å². The average Bonchev–Trinajstić information content (AvgIpc) is 2.79. The maximum absolute atomic E-state index is 6.29. The van der Waals surface area contributed by atoms with Gasteiger partial charge in [-0.1, -0.05) is 12.1 Å². The Bertz CT molecular complexity index is 1030. The van der Waals surface area contributed by atoms with E-state index in [9.17, 15) is 0 Å². The van der Waals surface area contributed by atoms with Crippen molar-refractivity contribution in [3.63, 3.8) is 0 Å². The van der Waals surface area contributed by atoms with Gasteiger partial charge in [-0.2, -0.15) is 0 Å². The van der Waals surface area contributed by atoms with Gasteiger partial charge >= 0.3 is 0 Å². The van der Waals surface area contributed by atoms with Gasteiger partial charge in [0.25, 0.3) is 0 Å². The molecule has 30 heavy (non-hydrogen) atoms. The van der Waals surface area contributed by atoms with Crippen LogP contribution in [0.25, 0.3) is 17.1 Å². The van der Waals surface area contributed by atoms with E-state index in [1.807, 2.05) is 61.8 Å². The lowest BCUT2D eigenvalue weighted by Crippen LogP contribution is -2.43. The van der Waals surface area contributed by atoms with Crippen molar-refractivity contribution in [1.29, 1.82) is 0 Å². The van der Waals surface area contributed by atoms with E-state index in [0.29, 0.717) is 11.4 Å². The van der Waals surface area contributed by atoms with E-state index in [1.165, 1.54) is 0 Å². The van der Waals surface area contributed by atoms with Gasteiger partial charge in [-0.15, -0.1) is 0 Å². The van der Waals surface area contributed by atoms with Crippen LogP contribution in [0, 0.1) is 0 Å². The fourth-order valence-corrected chi connectivity index (χ4v) is 3.74. The number of hydrogen-bond acceptors (Lipinski definition) is 7. The Morgan fingerprint density at radius 2 is 2.07 bits per heavy atom. The summed E-state index contributed by atoms with van der Waals surface area (Å²) in [5.41, 5.74) is 18.2. The Balaban J connectivity index is 1.65. The molecule has 3 aromatic heterocycles. The number of rotatable bonds is 5. The van der Waals surface area contributed by atoms with Crippen molar-refractivity contribution >= 4 is 22.8 Å². The van der Waals surface area contributed by atoms with Crippen molar-refractivity contribution in [2.45, 2.75) is 25.8 Å². The smallest absolute Gasteiger partial charge is 0.110 e. The highest BCUT2D eigenvalue weighted by Gasteiger charge is 2.20. The molecule has 0 aromatic carbocycles. The summed E-state index contributed by atoms with van der Waals surface area (Å²) in [5, 5.41) is 3.50. The maximum Gasteiger partial charge on any atom is 0.110 e. The summed E-state index contributed by atoms with van der Waals surface area (Å²) in [6.07, 6.45) is 9.51. The first-order valence-corrected chi connectivity index (χ1v) is 10.2. The Morgan fingerprint density at radius 3 is 2.83 bits per heavy atom. The molecule has 0 amide bonds. The fourth-order valence-electron chi connectivity index (χ4n) is 3.74. The van der Waals surface area contributed by atoms with E-state index in [-0.39, 0.29) is 6.04 Å². The van der Waals surface area contributed by atoms with Crippen molar-refractivity contribution in [3.05, 3.63) is 66.8 Å². The maximum atomic E-state index is 6.29. The van der Waals surface area contributed by atoms with Gasteiger partial charge in [0.2, 0.25) is 0 Å². The van der Waals surface area contributed by atoms with Crippen LogP contribution in [0.3, 0.4) is 0 Å². The minimum Gasteiger partial charge on any atom is -0.397 e. The van der Waals surface area contributed by atoms with Crippen molar-refractivity contribution in [1.82, 2.24) is 15.0 Å². The Hall–Kier alpha value is -3.45. The van der Waals surface area contributed by atoms with Gasteiger partial charge < -0.3 is 21.7 Å². The van der Waals surface area contributed by atoms with Crippen LogP contribution >= 0.6 is 0 Å². The van der Waals surface area contributed by atoms with Crippen molar-refractivity contribution in [2.75, 3.05) is 29.0 Å². The minimum absolute atomic E-state index is 0.188. The summed E-state index contributed by atoms with van der Waals surface area (Å²) in [5.74, 6) is 0. The first kappa shape index (κ1) is 19.8. The number of hydrogen-bond donors (Lipinski definition) is 3. The van der Waals surface area contributed by atoms with Gasteiger partial charge in [-0.3, -0.25) is 9.97 Å². The monoisotopic (exact) mass is 401 g/mol. The largest absolute Gasteiger partial charge is 0.397 e. The van der Waals surface area contributed by atoms with E-state index >= 15 is 0 Å². The van der Waals surface area contributed by atoms with Crippen LogP contribution in [0.2, 0.25) is 0 Å². The predicted molar refractivity (Wildman–Crippen MR) is 123 cm³/mol. The zero-order chi connectivity index (χ0) is 20.9. The number of nitrogen functional groups attached to an aromatic ring is 1. The van der Waals surface area contributed by atoms with Crippen LogP contribution in [0.1, 0.15) is 25.5 Å². The Kier molecular flexibility index (Phi) is 5.90. The van der Waals surface area contributed by atoms with Crippen LogP contribution in [0.5, 0.6) is 0 Å². The zero-order valence-corrected chi connectivity index (χ0v) is 17.1. The van der Waals surface area contributed by atoms with Crippen molar-refractivity contribution in [2.24, 2.45) is 5.73 Å². The van der Waals surface area contributed by atoms with Gasteiger partial charge in [-0.25, -0.2) is 4.98 Å². The minimum atomic E-state index is 0.188. The first-order chi connectivity index (χ1) is 14.7. The summed E-state index contributed by atoms with van der Waals surface area (Å²) in [4.78, 5) is 15.8. The molecule has 1 aliphatic heterocycles. The van der Waals surface area contributed by atoms with Gasteiger partial charge in [0, 0.05) is 31.5 Å². The number of nitrogens with zero attached hydrogens (tertiary/aromatic N) is 4. The second kappa shape index (κ2) is 8.92. The van der Waals surface area contributed by atoms with Crippen molar-refractivity contribution < 1.29 is 0 Å². The van der Waals surface area contributed by atoms with E-state index in [0.717, 1.165) is 54.4 Å². The standard InChI is InChI=1S/C23H27N7/c1-2-18(23-17(25)8-9-20(29-23)19-7-3-4-11-27-19)28-21-14-26-12-10-22(21)30-13-5-6-16(24)15-30/h2-4,7-12,14,16,28H,5-6,13,15,24-25H2,1H3/t16-/m0/s1. The highest BCUT2D eigenvalue weighted by Crippen LogP contribution is 2.31. The molecule has 0 saturated carbocycles. The van der Waals surface area contributed by atoms with Crippen LogP contribution in [-0.4, -0.2) is 34.1 Å². The number of nitrogens with two attached hydrogens (primary N) is 2. The SMILES string of the molecule is CC=C(Nc1cnccc1N1CCC[C@H](N)C1)c1nc(-c2ccccn2)ccc1N. The second-order valence-electron chi connectivity index (χ2n) is 7.42. The molecule has 1 saturated heterocycles. The summed E-state index contributed by atoms with van der Waals surface area (Å²) >= 11 is 0. The number of anilines is 3. The summed E-state index contributed by atoms with van der Waals surface area (Å²) in [7, 11) is 0. The molecular formula is C23H27N7. The van der Waals surface area contributed by atoms with Crippen LogP contribution in [0.4, 0.5) is 17.1 Å². The molecular weight excluding hydrogens is 374 g/mol. The number of pyridine rings is 3. The molecule has 0 radical (unpaired) electrons. The number of piperidine rings is 1. The molecule has 7 heteroatoms. The van der Waals surface area contributed by atoms with Crippen molar-refractivity contribution in [3.8, 4) is 11.4 Å². The highest BCUT2D eigenvalue weighted by molar-refractivity contribution is 5.85. The lowest BCUT2D eigenvalue weighted by Gasteiger charge is -2.34. The third-order valence-corrected chi connectivity index (χ3v) is 5.26. The van der Waals surface area contributed by atoms with Gasteiger partial charge in [-0.05, 0) is 50.1 Å². The molecule has 1 atom stereocenters. The molecule has 1 aliphatic rings. The average molecular weight is 402 g/mol. The summed E-state index contributed by atoms with van der Waals surface area (Å²) in [6.45, 7) is 3.77. The highest BCUT2D eigenvalue weighted by atomic mass is 15.2. The Morgan fingerprint density at radius 1 is 1.17 bits per heavy atom. The second-order valence-corrected chi connectivity index (χ2v) is 7.42. The quantitative estimate of drug-likeness (QED) is 0.600. The molecule has 5 N–H and O–H groups in total. The molecule has 4 heterocycles. The Labute approximate surface area is 176 Å². The topological polar surface area (TPSA) is 106 Å². The van der Waals surface area contributed by atoms with E-state index in [1.54, 1.807) is 6.20 Å². The zero-order valence-electron chi connectivity index (χ0n) is 17.1. The van der Waals surface area contributed by atoms with Crippen LogP contribution < -0.4 is 21.7 Å². The number of aromatic nitrogens is 3. The third kappa shape index (κ3) is 4.26. The fraction of sp³-hybridized carbons (Fsp3) is 0.261. The molecule has 4 rings (SSSR count). The molecule has 0 bridgehead atoms. The predicted octanol–water partition coefficient (Wildman–Crippen LogP) is 3.52. The third-order valence-electron chi connectivity index (χ3n) is 5.26. The molecule has 0 unspecified atom stereocenters. The van der Waals surface area contributed by atoms with Crippen LogP contribution in [0.15, 0.2) is 61.1 Å². The van der Waals surface area contributed by atoms with Gasteiger partial charge in [0.05, 0.1) is 40.3 Å². The molecule has 1 fully saturated rings. The van der Waals surface area contributed by atoms with E-state index in [2.05, 4.69) is 20.2 Å². The molecule has 3 aromatic rings. The first-order valence-electron chi connectivity index (χ1n) is 10.2. The van der Waals surface area contributed by atoms with Gasteiger partial charge in [0.15, 0.2) is 0 Å². The summed E-state index contributed by atoms with van der Waals surface area (Å²) < 4.78 is 0. The lowest BCUT2D eigenvalue weighted by atomic mass is 10.1. The number of allylic oxidation sites excluding steroid dienone is 1. The molecule has 0 aliphatic carbocycles. The van der Waals surface area contributed by atoms with Crippen LogP contribution in [-0.2, 0) is 0 Å². The molecule has 7 nitrogen and oxygen atoms in total. The van der Waals surface area contributed by atoms with E-state index in [4.69, 9.17) is 16.5 Å². The number of nitrogens with one attached hydrogen (secondary N) is 1. The lowest BCUT2D eigenvalue weighted by molar-refractivity contribution is 0.506.